The second kappa shape index (κ2) is 6.78. The summed E-state index contributed by atoms with van der Waals surface area (Å²) in [5, 5.41) is 22.4. The first kappa shape index (κ1) is 15.0. The lowest BCUT2D eigenvalue weighted by Gasteiger charge is -2.33. The molecule has 1 aromatic rings. The Hall–Kier alpha value is -1.04. The van der Waals surface area contributed by atoms with Crippen molar-refractivity contribution in [1.82, 2.24) is 10.2 Å². The third-order valence-corrected chi connectivity index (χ3v) is 3.14. The number of rotatable bonds is 3. The number of aromatic hydroxyl groups is 2. The van der Waals surface area contributed by atoms with Gasteiger partial charge in [0.2, 0.25) is 0 Å². The molecule has 3 N–H and O–H groups in total. The molecule has 1 saturated heterocycles. The van der Waals surface area contributed by atoms with Gasteiger partial charge in [0.05, 0.1) is 6.04 Å². The lowest BCUT2D eigenvalue weighted by atomic mass is 10.0. The minimum atomic E-state index is -0.572. The van der Waals surface area contributed by atoms with Crippen LogP contribution in [0.1, 0.15) is 11.6 Å². The van der Waals surface area contributed by atoms with Crippen LogP contribution in [-0.2, 0) is 0 Å². The number of halogens is 2. The van der Waals surface area contributed by atoms with Crippen molar-refractivity contribution >= 4 is 12.4 Å². The van der Waals surface area contributed by atoms with Crippen LogP contribution in [0.25, 0.3) is 0 Å². The highest BCUT2D eigenvalue weighted by atomic mass is 35.5. The van der Waals surface area contributed by atoms with E-state index in [9.17, 15) is 14.6 Å². The van der Waals surface area contributed by atoms with Gasteiger partial charge in [-0.2, -0.15) is 0 Å². The molecule has 4 nitrogen and oxygen atoms in total. The van der Waals surface area contributed by atoms with Gasteiger partial charge in [-0.25, -0.2) is 4.39 Å². The van der Waals surface area contributed by atoms with Crippen molar-refractivity contribution < 1.29 is 14.6 Å². The quantitative estimate of drug-likeness (QED) is 0.731. The number of phenolic OH excluding ortho intramolecular Hbond substituents is 2. The van der Waals surface area contributed by atoms with E-state index in [2.05, 4.69) is 5.32 Å². The largest absolute Gasteiger partial charge is 0.504 e. The molecule has 0 aliphatic carbocycles. The zero-order valence-electron chi connectivity index (χ0n) is 9.97. The summed E-state index contributed by atoms with van der Waals surface area (Å²) in [6.45, 7) is 2.54. The van der Waals surface area contributed by atoms with Gasteiger partial charge >= 0.3 is 0 Å². The number of hydrogen-bond donors (Lipinski definition) is 3. The Balaban J connectivity index is 0.00000162. The van der Waals surface area contributed by atoms with E-state index in [4.69, 9.17) is 0 Å². The van der Waals surface area contributed by atoms with Gasteiger partial charge in [0.1, 0.15) is 6.67 Å². The van der Waals surface area contributed by atoms with Crippen molar-refractivity contribution in [3.63, 3.8) is 0 Å². The number of benzene rings is 1. The molecule has 102 valence electrons. The average Bonchev–Trinajstić information content (AvgIpc) is 2.37. The van der Waals surface area contributed by atoms with Crippen LogP contribution in [0.2, 0.25) is 0 Å². The molecule has 0 amide bonds. The van der Waals surface area contributed by atoms with Crippen molar-refractivity contribution in [3.8, 4) is 11.5 Å². The van der Waals surface area contributed by atoms with E-state index in [0.29, 0.717) is 5.56 Å². The minimum Gasteiger partial charge on any atom is -0.504 e. The molecular formula is C12H18ClFN2O2. The lowest BCUT2D eigenvalue weighted by Crippen LogP contribution is -2.45. The van der Waals surface area contributed by atoms with E-state index in [1.165, 1.54) is 6.07 Å². The Labute approximate surface area is 112 Å². The van der Waals surface area contributed by atoms with Gasteiger partial charge in [0.15, 0.2) is 11.5 Å². The Bertz CT molecular complexity index is 386. The lowest BCUT2D eigenvalue weighted by molar-refractivity contribution is 0.145. The summed E-state index contributed by atoms with van der Waals surface area (Å²) >= 11 is 0. The standard InChI is InChI=1S/C12H17FN2O2.ClH/c13-8-10(15-6-4-14-5-7-15)9-2-1-3-11(16)12(9)17;/h1-3,10,14,16-17H,4-8H2;1H/t10-;/m0./s1. The second-order valence-corrected chi connectivity index (χ2v) is 4.17. The molecule has 1 aliphatic heterocycles. The molecule has 2 rings (SSSR count). The monoisotopic (exact) mass is 276 g/mol. The molecule has 0 aromatic heterocycles. The first-order valence-corrected chi connectivity index (χ1v) is 5.75. The summed E-state index contributed by atoms with van der Waals surface area (Å²) in [6, 6.07) is 4.19. The van der Waals surface area contributed by atoms with Crippen molar-refractivity contribution in [2.24, 2.45) is 0 Å². The Morgan fingerprint density at radius 1 is 1.28 bits per heavy atom. The van der Waals surface area contributed by atoms with E-state index < -0.39 is 12.7 Å². The van der Waals surface area contributed by atoms with Crippen LogP contribution in [-0.4, -0.2) is 48.0 Å². The maximum Gasteiger partial charge on any atom is 0.162 e. The molecule has 1 aliphatic rings. The van der Waals surface area contributed by atoms with E-state index in [1.807, 2.05) is 4.90 Å². The first-order valence-electron chi connectivity index (χ1n) is 5.75. The van der Waals surface area contributed by atoms with Gasteiger partial charge in [-0.05, 0) is 6.07 Å². The predicted octanol–water partition coefficient (Wildman–Crippen LogP) is 1.44. The van der Waals surface area contributed by atoms with Gasteiger partial charge in [0, 0.05) is 31.7 Å². The van der Waals surface area contributed by atoms with Gasteiger partial charge < -0.3 is 15.5 Å². The van der Waals surface area contributed by atoms with Crippen LogP contribution < -0.4 is 5.32 Å². The van der Waals surface area contributed by atoms with Crippen LogP contribution in [0.15, 0.2) is 18.2 Å². The summed E-state index contributed by atoms with van der Waals surface area (Å²) in [7, 11) is 0. The molecule has 0 radical (unpaired) electrons. The van der Waals surface area contributed by atoms with E-state index in [1.54, 1.807) is 12.1 Å². The van der Waals surface area contributed by atoms with Crippen molar-refractivity contribution in [1.29, 1.82) is 0 Å². The fraction of sp³-hybridized carbons (Fsp3) is 0.500. The smallest absolute Gasteiger partial charge is 0.162 e. The van der Waals surface area contributed by atoms with Gasteiger partial charge in [-0.1, -0.05) is 12.1 Å². The summed E-state index contributed by atoms with van der Waals surface area (Å²) in [4.78, 5) is 1.98. The highest BCUT2D eigenvalue weighted by molar-refractivity contribution is 5.85. The minimum absolute atomic E-state index is 0. The van der Waals surface area contributed by atoms with Gasteiger partial charge in [-0.3, -0.25) is 4.90 Å². The van der Waals surface area contributed by atoms with E-state index in [-0.39, 0.29) is 23.9 Å². The second-order valence-electron chi connectivity index (χ2n) is 4.17. The van der Waals surface area contributed by atoms with E-state index in [0.717, 1.165) is 26.2 Å². The number of piperazine rings is 1. The third-order valence-electron chi connectivity index (χ3n) is 3.14. The number of para-hydroxylation sites is 1. The molecule has 1 atom stereocenters. The van der Waals surface area contributed by atoms with Gasteiger partial charge in [0.25, 0.3) is 0 Å². The molecular weight excluding hydrogens is 259 g/mol. The van der Waals surface area contributed by atoms with Crippen molar-refractivity contribution in [3.05, 3.63) is 23.8 Å². The van der Waals surface area contributed by atoms with Crippen molar-refractivity contribution in [2.75, 3.05) is 32.9 Å². The zero-order valence-corrected chi connectivity index (χ0v) is 10.8. The van der Waals surface area contributed by atoms with Crippen LogP contribution >= 0.6 is 12.4 Å². The molecule has 1 fully saturated rings. The molecule has 0 unspecified atom stereocenters. The van der Waals surface area contributed by atoms with Crippen LogP contribution in [0, 0.1) is 0 Å². The van der Waals surface area contributed by atoms with Crippen molar-refractivity contribution in [2.45, 2.75) is 6.04 Å². The molecule has 6 heteroatoms. The van der Waals surface area contributed by atoms with Crippen LogP contribution in [0.5, 0.6) is 11.5 Å². The van der Waals surface area contributed by atoms with Crippen LogP contribution in [0.4, 0.5) is 4.39 Å². The Morgan fingerprint density at radius 2 is 1.94 bits per heavy atom. The maximum atomic E-state index is 13.2. The number of hydrogen-bond acceptors (Lipinski definition) is 4. The molecule has 0 spiro atoms. The fourth-order valence-electron chi connectivity index (χ4n) is 2.19. The fourth-order valence-corrected chi connectivity index (χ4v) is 2.19. The zero-order chi connectivity index (χ0) is 12.3. The highest BCUT2D eigenvalue weighted by Gasteiger charge is 2.25. The summed E-state index contributed by atoms with van der Waals surface area (Å²) in [5.74, 6) is -0.412. The number of nitrogens with zero attached hydrogens (tertiary/aromatic N) is 1. The molecule has 1 heterocycles. The first-order chi connectivity index (χ1) is 8.24. The summed E-state index contributed by atoms with van der Waals surface area (Å²) in [5.41, 5.74) is 0.453. The average molecular weight is 277 g/mol. The summed E-state index contributed by atoms with van der Waals surface area (Å²) in [6.07, 6.45) is 0. The molecule has 0 saturated carbocycles. The number of phenols is 2. The topological polar surface area (TPSA) is 55.7 Å². The maximum absolute atomic E-state index is 13.2. The highest BCUT2D eigenvalue weighted by Crippen LogP contribution is 2.35. The third kappa shape index (κ3) is 3.04. The number of nitrogens with one attached hydrogen (secondary N) is 1. The van der Waals surface area contributed by atoms with Gasteiger partial charge in [-0.15, -0.1) is 12.4 Å². The Morgan fingerprint density at radius 3 is 2.56 bits per heavy atom. The predicted molar refractivity (Wildman–Crippen MR) is 70.2 cm³/mol. The normalized spacial score (nSPS) is 18.1. The number of alkyl halides is 1. The van der Waals surface area contributed by atoms with Crippen LogP contribution in [0.3, 0.4) is 0 Å². The molecule has 0 bridgehead atoms. The molecule has 1 aromatic carbocycles. The Kier molecular flexibility index (Phi) is 5.65. The SMILES string of the molecule is Cl.Oc1cccc([C@H](CF)N2CCNCC2)c1O. The summed E-state index contributed by atoms with van der Waals surface area (Å²) < 4.78 is 13.2. The molecule has 18 heavy (non-hydrogen) atoms. The van der Waals surface area contributed by atoms with E-state index >= 15 is 0 Å².